The van der Waals surface area contributed by atoms with E-state index in [1.54, 1.807) is 11.8 Å². The third-order valence-corrected chi connectivity index (χ3v) is 3.22. The van der Waals surface area contributed by atoms with E-state index in [2.05, 4.69) is 19.2 Å². The molecule has 19 heavy (non-hydrogen) atoms. The maximum atomic E-state index is 12.1. The fraction of sp³-hybridized carbons (Fsp3) is 0.857. The lowest BCUT2D eigenvalue weighted by Gasteiger charge is -2.25. The average Bonchev–Trinajstić information content (AvgIpc) is 2.36. The quantitative estimate of drug-likeness (QED) is 0.691. The molecule has 2 amide bonds. The summed E-state index contributed by atoms with van der Waals surface area (Å²) in [5.41, 5.74) is 5.63. The van der Waals surface area contributed by atoms with E-state index in [0.717, 1.165) is 6.42 Å². The molecule has 0 bridgehead atoms. The highest BCUT2D eigenvalue weighted by Crippen LogP contribution is 2.11. The van der Waals surface area contributed by atoms with Gasteiger partial charge < -0.3 is 16.0 Å². The van der Waals surface area contributed by atoms with Crippen LogP contribution in [0.15, 0.2) is 0 Å². The largest absolute Gasteiger partial charge is 0.344 e. The fourth-order valence-corrected chi connectivity index (χ4v) is 2.08. The number of hydrogen-bond donors (Lipinski definition) is 2. The maximum absolute atomic E-state index is 12.1. The second-order valence-electron chi connectivity index (χ2n) is 5.30. The molecule has 0 aromatic carbocycles. The van der Waals surface area contributed by atoms with Gasteiger partial charge in [-0.25, -0.2) is 0 Å². The molecule has 5 nitrogen and oxygen atoms in total. The van der Waals surface area contributed by atoms with Gasteiger partial charge in [0.25, 0.3) is 0 Å². The van der Waals surface area contributed by atoms with Crippen molar-refractivity contribution in [2.24, 2.45) is 17.6 Å². The molecule has 3 N–H and O–H groups in total. The Kier molecular flexibility index (Phi) is 8.39. The van der Waals surface area contributed by atoms with E-state index in [4.69, 9.17) is 5.73 Å². The minimum Gasteiger partial charge on any atom is -0.344 e. The van der Waals surface area contributed by atoms with Crippen molar-refractivity contribution in [2.45, 2.75) is 47.1 Å². The lowest BCUT2D eigenvalue weighted by molar-refractivity contribution is -0.136. The second-order valence-corrected chi connectivity index (χ2v) is 5.30. The summed E-state index contributed by atoms with van der Waals surface area (Å²) >= 11 is 0. The Morgan fingerprint density at radius 2 is 1.68 bits per heavy atom. The van der Waals surface area contributed by atoms with E-state index >= 15 is 0 Å². The Hall–Kier alpha value is -1.10. The zero-order valence-corrected chi connectivity index (χ0v) is 12.9. The molecule has 0 spiro atoms. The molecule has 112 valence electrons. The van der Waals surface area contributed by atoms with Crippen molar-refractivity contribution in [2.75, 3.05) is 19.6 Å². The number of likely N-dealkylation sites (N-methyl/N-ethyl adjacent to an activating group) is 1. The molecule has 0 aliphatic rings. The molecule has 0 aromatic heterocycles. The van der Waals surface area contributed by atoms with E-state index in [-0.39, 0.29) is 17.7 Å². The van der Waals surface area contributed by atoms with E-state index < -0.39 is 6.04 Å². The van der Waals surface area contributed by atoms with Gasteiger partial charge in [-0.2, -0.15) is 0 Å². The smallest absolute Gasteiger partial charge is 0.244 e. The molecule has 0 saturated carbocycles. The van der Waals surface area contributed by atoms with Gasteiger partial charge >= 0.3 is 0 Å². The summed E-state index contributed by atoms with van der Waals surface area (Å²) in [4.78, 5) is 25.8. The number of carbonyl (C=O) groups is 2. The number of rotatable bonds is 8. The van der Waals surface area contributed by atoms with Crippen molar-refractivity contribution in [3.05, 3.63) is 0 Å². The van der Waals surface area contributed by atoms with E-state index in [9.17, 15) is 9.59 Å². The van der Waals surface area contributed by atoms with Crippen LogP contribution < -0.4 is 11.1 Å². The molecular formula is C14H29N3O2. The van der Waals surface area contributed by atoms with Crippen LogP contribution in [0.1, 0.15) is 41.0 Å². The normalized spacial score (nSPS) is 14.1. The monoisotopic (exact) mass is 271 g/mol. The molecule has 2 atom stereocenters. The third-order valence-electron chi connectivity index (χ3n) is 3.22. The van der Waals surface area contributed by atoms with Crippen molar-refractivity contribution in [3.63, 3.8) is 0 Å². The molecule has 0 heterocycles. The van der Waals surface area contributed by atoms with Crippen LogP contribution in [0, 0.1) is 11.8 Å². The predicted octanol–water partition coefficient (Wildman–Crippen LogP) is 0.981. The zero-order chi connectivity index (χ0) is 15.0. The predicted molar refractivity (Wildman–Crippen MR) is 77.5 cm³/mol. The molecule has 0 rings (SSSR count). The van der Waals surface area contributed by atoms with Gasteiger partial charge in [0.15, 0.2) is 0 Å². The fourth-order valence-electron chi connectivity index (χ4n) is 2.08. The van der Waals surface area contributed by atoms with Gasteiger partial charge in [-0.05, 0) is 33.1 Å². The first-order valence-electron chi connectivity index (χ1n) is 7.16. The van der Waals surface area contributed by atoms with Crippen LogP contribution in [-0.4, -0.2) is 42.4 Å². The SMILES string of the molecule is CCN(CC)C(=O)C(C)NC(=O)C(CN)CC(C)C. The number of hydrogen-bond acceptors (Lipinski definition) is 3. The van der Waals surface area contributed by atoms with Crippen molar-refractivity contribution >= 4 is 11.8 Å². The Morgan fingerprint density at radius 1 is 1.16 bits per heavy atom. The Labute approximate surface area is 116 Å². The summed E-state index contributed by atoms with van der Waals surface area (Å²) in [6.07, 6.45) is 0.745. The molecule has 2 unspecified atom stereocenters. The van der Waals surface area contributed by atoms with E-state index in [1.165, 1.54) is 0 Å². The minimum absolute atomic E-state index is 0.0429. The van der Waals surface area contributed by atoms with E-state index in [1.807, 2.05) is 13.8 Å². The minimum atomic E-state index is -0.492. The van der Waals surface area contributed by atoms with Crippen molar-refractivity contribution in [1.82, 2.24) is 10.2 Å². The summed E-state index contributed by atoms with van der Waals surface area (Å²) in [7, 11) is 0. The van der Waals surface area contributed by atoms with Crippen LogP contribution in [0.2, 0.25) is 0 Å². The summed E-state index contributed by atoms with van der Waals surface area (Å²) in [6, 6.07) is -0.492. The average molecular weight is 271 g/mol. The molecule has 0 aliphatic carbocycles. The van der Waals surface area contributed by atoms with Crippen molar-refractivity contribution < 1.29 is 9.59 Å². The second kappa shape index (κ2) is 8.91. The van der Waals surface area contributed by atoms with Crippen molar-refractivity contribution in [3.8, 4) is 0 Å². The van der Waals surface area contributed by atoms with Gasteiger partial charge in [0.1, 0.15) is 6.04 Å². The molecule has 0 radical (unpaired) electrons. The highest BCUT2D eigenvalue weighted by atomic mass is 16.2. The van der Waals surface area contributed by atoms with Gasteiger partial charge in [0.05, 0.1) is 5.92 Å². The maximum Gasteiger partial charge on any atom is 0.244 e. The molecular weight excluding hydrogens is 242 g/mol. The first kappa shape index (κ1) is 17.9. The molecule has 0 fully saturated rings. The topological polar surface area (TPSA) is 75.4 Å². The standard InChI is InChI=1S/C14H29N3O2/c1-6-17(7-2)14(19)11(5)16-13(18)12(9-15)8-10(3)4/h10-12H,6-9,15H2,1-5H3,(H,16,18). The van der Waals surface area contributed by atoms with Crippen LogP contribution in [-0.2, 0) is 9.59 Å². The van der Waals surface area contributed by atoms with Crippen LogP contribution in [0.3, 0.4) is 0 Å². The molecule has 0 aromatic rings. The first-order chi connectivity index (χ1) is 8.87. The van der Waals surface area contributed by atoms with Crippen molar-refractivity contribution in [1.29, 1.82) is 0 Å². The van der Waals surface area contributed by atoms with Gasteiger partial charge in [-0.15, -0.1) is 0 Å². The van der Waals surface area contributed by atoms with Gasteiger partial charge in [0, 0.05) is 19.6 Å². The number of nitrogens with one attached hydrogen (secondary N) is 1. The Bertz CT molecular complexity index is 288. The summed E-state index contributed by atoms with van der Waals surface area (Å²) in [5, 5.41) is 2.78. The summed E-state index contributed by atoms with van der Waals surface area (Å²) in [6.45, 7) is 11.3. The number of nitrogens with two attached hydrogens (primary N) is 1. The number of carbonyl (C=O) groups excluding carboxylic acids is 2. The summed E-state index contributed by atoms with van der Waals surface area (Å²) < 4.78 is 0. The lowest BCUT2D eigenvalue weighted by atomic mass is 9.96. The highest BCUT2D eigenvalue weighted by molar-refractivity contribution is 5.88. The number of amides is 2. The van der Waals surface area contributed by atoms with Crippen LogP contribution in [0.25, 0.3) is 0 Å². The summed E-state index contributed by atoms with van der Waals surface area (Å²) in [5.74, 6) is 0.0305. The van der Waals surface area contributed by atoms with Gasteiger partial charge in [-0.3, -0.25) is 9.59 Å². The Morgan fingerprint density at radius 3 is 2.05 bits per heavy atom. The zero-order valence-electron chi connectivity index (χ0n) is 12.9. The first-order valence-corrected chi connectivity index (χ1v) is 7.16. The molecule has 5 heteroatoms. The third kappa shape index (κ3) is 6.05. The number of nitrogens with zero attached hydrogens (tertiary/aromatic N) is 1. The molecule has 0 saturated heterocycles. The molecule has 0 aliphatic heterocycles. The van der Waals surface area contributed by atoms with Crippen LogP contribution in [0.4, 0.5) is 0 Å². The van der Waals surface area contributed by atoms with Crippen LogP contribution >= 0.6 is 0 Å². The Balaban J connectivity index is 4.49. The van der Waals surface area contributed by atoms with Crippen LogP contribution in [0.5, 0.6) is 0 Å². The lowest BCUT2D eigenvalue weighted by Crippen LogP contribution is -2.49. The van der Waals surface area contributed by atoms with Gasteiger partial charge in [0.2, 0.25) is 11.8 Å². The van der Waals surface area contributed by atoms with Gasteiger partial charge in [-0.1, -0.05) is 13.8 Å². The van der Waals surface area contributed by atoms with E-state index in [0.29, 0.717) is 25.6 Å². The highest BCUT2D eigenvalue weighted by Gasteiger charge is 2.24.